The number of nitrogens with zero attached hydrogens (tertiary/aromatic N) is 2. The van der Waals surface area contributed by atoms with Gasteiger partial charge in [0.2, 0.25) is 15.9 Å². The highest BCUT2D eigenvalue weighted by atomic mass is 79.9. The SMILES string of the molecule is CCCCN(CC(=O)N(CCc1ccc(OC)c(OC)c1)Cc1cccs1)S(=O)(=O)c1ccc(Br)cc1. The standard InChI is InChI=1S/C27H33BrN2O5S2/c1-4-5-15-30(37(32,33)24-11-9-22(28)10-12-24)20-27(31)29(19-23-7-6-17-36-23)16-14-21-8-13-25(34-2)26(18-21)35-3/h6-13,17-18H,4-5,14-16,19-20H2,1-3H3. The second kappa shape index (κ2) is 13.9. The second-order valence-electron chi connectivity index (χ2n) is 8.48. The highest BCUT2D eigenvalue weighted by Gasteiger charge is 2.28. The lowest BCUT2D eigenvalue weighted by Crippen LogP contribution is -2.43. The number of ether oxygens (including phenoxy) is 2. The van der Waals surface area contributed by atoms with Crippen molar-refractivity contribution in [1.82, 2.24) is 9.21 Å². The Hall–Kier alpha value is -2.40. The van der Waals surface area contributed by atoms with Crippen molar-refractivity contribution in [3.05, 3.63) is 74.9 Å². The summed E-state index contributed by atoms with van der Waals surface area (Å²) in [6, 6.07) is 16.1. The zero-order chi connectivity index (χ0) is 26.8. The maximum absolute atomic E-state index is 13.6. The van der Waals surface area contributed by atoms with Crippen molar-refractivity contribution in [2.45, 2.75) is 37.6 Å². The number of halogens is 1. The minimum absolute atomic E-state index is 0.176. The van der Waals surface area contributed by atoms with Crippen LogP contribution in [0.15, 0.2) is 69.3 Å². The zero-order valence-electron chi connectivity index (χ0n) is 21.4. The van der Waals surface area contributed by atoms with Crippen LogP contribution in [-0.2, 0) is 27.8 Å². The highest BCUT2D eigenvalue weighted by Crippen LogP contribution is 2.28. The number of carbonyl (C=O) groups is 1. The zero-order valence-corrected chi connectivity index (χ0v) is 24.6. The number of hydrogen-bond acceptors (Lipinski definition) is 6. The molecule has 1 aromatic heterocycles. The van der Waals surface area contributed by atoms with Crippen LogP contribution in [0.25, 0.3) is 0 Å². The maximum atomic E-state index is 13.6. The van der Waals surface area contributed by atoms with E-state index >= 15 is 0 Å². The number of carbonyl (C=O) groups excluding carboxylic acids is 1. The lowest BCUT2D eigenvalue weighted by atomic mass is 10.1. The number of thiophene rings is 1. The first kappa shape index (κ1) is 29.2. The molecule has 0 fully saturated rings. The monoisotopic (exact) mass is 608 g/mol. The van der Waals surface area contributed by atoms with Crippen LogP contribution in [0.3, 0.4) is 0 Å². The molecule has 2 aromatic carbocycles. The molecule has 3 aromatic rings. The van der Waals surface area contributed by atoms with E-state index in [1.807, 2.05) is 42.6 Å². The molecule has 37 heavy (non-hydrogen) atoms. The third-order valence-corrected chi connectivity index (χ3v) is 9.17. The van der Waals surface area contributed by atoms with Crippen molar-refractivity contribution in [3.8, 4) is 11.5 Å². The third-order valence-electron chi connectivity index (χ3n) is 5.92. The Bertz CT molecular complexity index is 1250. The lowest BCUT2D eigenvalue weighted by molar-refractivity contribution is -0.132. The molecule has 0 N–H and O–H groups in total. The molecule has 3 rings (SSSR count). The van der Waals surface area contributed by atoms with E-state index < -0.39 is 10.0 Å². The molecule has 1 heterocycles. The van der Waals surface area contributed by atoms with E-state index in [1.165, 1.54) is 4.31 Å². The number of unbranched alkanes of at least 4 members (excludes halogenated alkanes) is 1. The molecule has 0 spiro atoms. The summed E-state index contributed by atoms with van der Waals surface area (Å²) in [5.41, 5.74) is 0.993. The first-order valence-electron chi connectivity index (χ1n) is 12.0. The van der Waals surface area contributed by atoms with Crippen LogP contribution in [0.2, 0.25) is 0 Å². The minimum atomic E-state index is -3.83. The van der Waals surface area contributed by atoms with Gasteiger partial charge in [0.1, 0.15) is 0 Å². The van der Waals surface area contributed by atoms with E-state index in [4.69, 9.17) is 9.47 Å². The number of amides is 1. The molecule has 0 radical (unpaired) electrons. The first-order chi connectivity index (χ1) is 17.8. The molecular formula is C27H33BrN2O5S2. The third kappa shape index (κ3) is 8.04. The minimum Gasteiger partial charge on any atom is -0.493 e. The predicted octanol–water partition coefficient (Wildman–Crippen LogP) is 5.59. The van der Waals surface area contributed by atoms with Gasteiger partial charge in [0.25, 0.3) is 0 Å². The summed E-state index contributed by atoms with van der Waals surface area (Å²) < 4.78 is 39.7. The highest BCUT2D eigenvalue weighted by molar-refractivity contribution is 9.10. The number of rotatable bonds is 14. The fourth-order valence-electron chi connectivity index (χ4n) is 3.81. The summed E-state index contributed by atoms with van der Waals surface area (Å²) in [7, 11) is -0.650. The largest absolute Gasteiger partial charge is 0.493 e. The number of sulfonamides is 1. The molecule has 0 aliphatic heterocycles. The van der Waals surface area contributed by atoms with Gasteiger partial charge >= 0.3 is 0 Å². The summed E-state index contributed by atoms with van der Waals surface area (Å²) in [6.07, 6.45) is 2.07. The van der Waals surface area contributed by atoms with Gasteiger partial charge in [-0.1, -0.05) is 41.4 Å². The van der Waals surface area contributed by atoms with Gasteiger partial charge in [-0.2, -0.15) is 4.31 Å². The fourth-order valence-corrected chi connectivity index (χ4v) is 6.22. The second-order valence-corrected chi connectivity index (χ2v) is 12.4. The summed E-state index contributed by atoms with van der Waals surface area (Å²) in [4.78, 5) is 16.5. The normalized spacial score (nSPS) is 11.5. The van der Waals surface area contributed by atoms with Crippen LogP contribution in [0, 0.1) is 0 Å². The average Bonchev–Trinajstić information content (AvgIpc) is 3.42. The molecule has 1 amide bonds. The molecule has 0 aliphatic carbocycles. The van der Waals surface area contributed by atoms with E-state index in [0.29, 0.717) is 37.4 Å². The summed E-state index contributed by atoms with van der Waals surface area (Å²) in [6.45, 7) is 2.92. The van der Waals surface area contributed by atoms with Crippen LogP contribution in [0.5, 0.6) is 11.5 Å². The van der Waals surface area contributed by atoms with Crippen molar-refractivity contribution >= 4 is 43.2 Å². The van der Waals surface area contributed by atoms with Gasteiger partial charge in [0.05, 0.1) is 32.2 Å². The van der Waals surface area contributed by atoms with Gasteiger partial charge in [0, 0.05) is 22.4 Å². The van der Waals surface area contributed by atoms with Gasteiger partial charge < -0.3 is 14.4 Å². The average molecular weight is 610 g/mol. The van der Waals surface area contributed by atoms with Crippen LogP contribution in [0.1, 0.15) is 30.2 Å². The van der Waals surface area contributed by atoms with Crippen molar-refractivity contribution in [2.24, 2.45) is 0 Å². The van der Waals surface area contributed by atoms with E-state index in [2.05, 4.69) is 15.9 Å². The van der Waals surface area contributed by atoms with Crippen LogP contribution >= 0.6 is 27.3 Å². The molecule has 0 bridgehead atoms. The molecule has 7 nitrogen and oxygen atoms in total. The van der Waals surface area contributed by atoms with Crippen LogP contribution in [-0.4, -0.2) is 57.4 Å². The van der Waals surface area contributed by atoms with Crippen molar-refractivity contribution in [2.75, 3.05) is 33.9 Å². The maximum Gasteiger partial charge on any atom is 0.243 e. The number of benzene rings is 2. The molecule has 0 saturated heterocycles. The summed E-state index contributed by atoms with van der Waals surface area (Å²) in [5.74, 6) is 1.04. The number of methoxy groups -OCH3 is 2. The van der Waals surface area contributed by atoms with Gasteiger partial charge in [-0.15, -0.1) is 11.3 Å². The summed E-state index contributed by atoms with van der Waals surface area (Å²) >= 11 is 4.92. The van der Waals surface area contributed by atoms with Gasteiger partial charge in [0.15, 0.2) is 11.5 Å². The van der Waals surface area contributed by atoms with Crippen molar-refractivity contribution in [3.63, 3.8) is 0 Å². The van der Waals surface area contributed by atoms with Gasteiger partial charge in [-0.3, -0.25) is 4.79 Å². The molecule has 0 aliphatic rings. The van der Waals surface area contributed by atoms with E-state index in [9.17, 15) is 13.2 Å². The van der Waals surface area contributed by atoms with E-state index in [-0.39, 0.29) is 23.9 Å². The molecule has 0 atom stereocenters. The van der Waals surface area contributed by atoms with Crippen LogP contribution in [0.4, 0.5) is 0 Å². The van der Waals surface area contributed by atoms with E-state index in [1.54, 1.807) is 54.7 Å². The lowest BCUT2D eigenvalue weighted by Gasteiger charge is -2.27. The van der Waals surface area contributed by atoms with Crippen molar-refractivity contribution in [1.29, 1.82) is 0 Å². The van der Waals surface area contributed by atoms with Gasteiger partial charge in [-0.05, 0) is 66.2 Å². The molecular weight excluding hydrogens is 576 g/mol. The Morgan fingerprint density at radius 2 is 1.73 bits per heavy atom. The number of hydrogen-bond donors (Lipinski definition) is 0. The fraction of sp³-hybridized carbons (Fsp3) is 0.370. The smallest absolute Gasteiger partial charge is 0.243 e. The Morgan fingerprint density at radius 1 is 1.00 bits per heavy atom. The Labute approximate surface area is 232 Å². The Balaban J connectivity index is 1.81. The van der Waals surface area contributed by atoms with Crippen LogP contribution < -0.4 is 9.47 Å². The predicted molar refractivity (Wildman–Crippen MR) is 151 cm³/mol. The van der Waals surface area contributed by atoms with E-state index in [0.717, 1.165) is 21.3 Å². The topological polar surface area (TPSA) is 76.2 Å². The van der Waals surface area contributed by atoms with Crippen molar-refractivity contribution < 1.29 is 22.7 Å². The first-order valence-corrected chi connectivity index (χ1v) is 15.2. The molecule has 200 valence electrons. The Kier molecular flexibility index (Phi) is 11.0. The summed E-state index contributed by atoms with van der Waals surface area (Å²) in [5, 5.41) is 1.97. The van der Waals surface area contributed by atoms with Gasteiger partial charge in [-0.25, -0.2) is 8.42 Å². The molecule has 0 unspecified atom stereocenters. The quantitative estimate of drug-likeness (QED) is 0.238. The molecule has 0 saturated carbocycles. The molecule has 10 heteroatoms. The Morgan fingerprint density at radius 3 is 2.35 bits per heavy atom.